The molecule has 2 aromatic rings. The fraction of sp³-hybridized carbons (Fsp3) is 0.579. The minimum atomic E-state index is -1.67. The number of carbonyl (C=O) groups is 4. The number of nitrogens with zero attached hydrogens (tertiary/aromatic N) is 1. The number of rotatable bonds is 17. The van der Waals surface area contributed by atoms with E-state index in [9.17, 15) is 23.6 Å². The lowest BCUT2D eigenvalue weighted by molar-refractivity contribution is -0.174. The van der Waals surface area contributed by atoms with E-state index < -0.39 is 53.8 Å². The summed E-state index contributed by atoms with van der Waals surface area (Å²) in [5.41, 5.74) is 1.06. The molecule has 2 aromatic carbocycles. The molecule has 4 atom stereocenters. The molecule has 49 heavy (non-hydrogen) atoms. The summed E-state index contributed by atoms with van der Waals surface area (Å²) in [4.78, 5) is 55.0. The molecule has 11 heteroatoms. The fourth-order valence-electron chi connectivity index (χ4n) is 5.97. The Labute approximate surface area is 289 Å². The summed E-state index contributed by atoms with van der Waals surface area (Å²) >= 11 is 0. The van der Waals surface area contributed by atoms with E-state index in [1.54, 1.807) is 0 Å². The molecule has 0 radical (unpaired) electrons. The highest BCUT2D eigenvalue weighted by Crippen LogP contribution is 2.35. The van der Waals surface area contributed by atoms with Crippen LogP contribution in [0.4, 0.5) is 4.39 Å². The van der Waals surface area contributed by atoms with Crippen molar-refractivity contribution in [3.8, 4) is 0 Å². The molecule has 268 valence electrons. The van der Waals surface area contributed by atoms with Crippen molar-refractivity contribution in [3.63, 3.8) is 0 Å². The molecule has 2 aliphatic rings. The third-order valence-electron chi connectivity index (χ3n) is 9.14. The number of benzene rings is 2. The average Bonchev–Trinajstić information content (AvgIpc) is 3.92. The lowest BCUT2D eigenvalue weighted by Crippen LogP contribution is -2.51. The minimum absolute atomic E-state index is 0.0295. The third kappa shape index (κ3) is 11.9. The molecule has 1 saturated heterocycles. The molecule has 1 N–H and O–H groups in total. The quantitative estimate of drug-likeness (QED) is 0.180. The highest BCUT2D eigenvalue weighted by atomic mass is 19.1. The number of likely N-dealkylation sites (N-methyl/N-ethyl adjacent to an activating group) is 2. The predicted molar refractivity (Wildman–Crippen MR) is 181 cm³/mol. The number of alkyl halides is 1. The maximum atomic E-state index is 14.6. The van der Waals surface area contributed by atoms with E-state index in [-0.39, 0.29) is 25.4 Å². The van der Waals surface area contributed by atoms with Crippen LogP contribution in [0.15, 0.2) is 54.6 Å². The van der Waals surface area contributed by atoms with Gasteiger partial charge in [-0.1, -0.05) is 67.4 Å². The molecular weight excluding hydrogens is 631 g/mol. The van der Waals surface area contributed by atoms with Gasteiger partial charge in [-0.05, 0) is 75.6 Å². The van der Waals surface area contributed by atoms with E-state index in [0.29, 0.717) is 25.6 Å². The normalized spacial score (nSPS) is 17.7. The van der Waals surface area contributed by atoms with Crippen LogP contribution in [0, 0.1) is 5.92 Å². The molecule has 1 aliphatic heterocycles. The van der Waals surface area contributed by atoms with Gasteiger partial charge in [0.1, 0.15) is 24.4 Å². The Morgan fingerprint density at radius 2 is 1.57 bits per heavy atom. The zero-order chi connectivity index (χ0) is 35.6. The molecule has 1 saturated carbocycles. The van der Waals surface area contributed by atoms with Crippen LogP contribution in [0.5, 0.6) is 0 Å². The van der Waals surface area contributed by atoms with Gasteiger partial charge in [0.05, 0.1) is 0 Å². The lowest BCUT2D eigenvalue weighted by atomic mass is 9.90. The summed E-state index contributed by atoms with van der Waals surface area (Å²) < 4.78 is 36.8. The van der Waals surface area contributed by atoms with Crippen LogP contribution in [0.2, 0.25) is 0 Å². The van der Waals surface area contributed by atoms with Crippen molar-refractivity contribution in [3.05, 3.63) is 71.3 Å². The zero-order valence-corrected chi connectivity index (χ0v) is 29.3. The summed E-state index contributed by atoms with van der Waals surface area (Å²) in [5, 5.41) is 2.80. The number of hydrogen-bond donors (Lipinski definition) is 1. The molecule has 0 aromatic heterocycles. The largest absolute Gasteiger partial charge is 0.458 e. The number of nitrogens with one attached hydrogen (secondary N) is 1. The number of ether oxygens (including phenoxy) is 4. The van der Waals surface area contributed by atoms with Gasteiger partial charge in [0, 0.05) is 33.1 Å². The first kappa shape index (κ1) is 38.0. The molecule has 0 spiro atoms. The van der Waals surface area contributed by atoms with E-state index in [1.807, 2.05) is 54.6 Å². The van der Waals surface area contributed by atoms with Crippen LogP contribution in [0.25, 0.3) is 0 Å². The molecule has 10 nitrogen and oxygen atoms in total. The topological polar surface area (TPSA) is 120 Å². The molecule has 1 heterocycles. The molecule has 1 aliphatic carbocycles. The molecule has 2 fully saturated rings. The second-order valence-electron chi connectivity index (χ2n) is 13.8. The standard InChI is InChI=1S/C38H51FN2O8/c1-25(35(43)47-24-28-9-7-6-8-10-28)48-37(45)32(21-26-11-12-26)41(5)34(42)33(49-36(44)31(40-4)23-38(2,3)39)22-27-13-15-29(16-14-27)30-17-19-46-20-18-30/h6-10,13-16,25-26,30-33,40H,11-12,17-24H2,1-5H3/t25-,31+,32+,33-/m1/s1. The summed E-state index contributed by atoms with van der Waals surface area (Å²) in [6, 6.07) is 15.0. The molecule has 1 amide bonds. The minimum Gasteiger partial charge on any atom is -0.458 e. The summed E-state index contributed by atoms with van der Waals surface area (Å²) in [6.07, 6.45) is 1.39. The van der Waals surface area contributed by atoms with E-state index in [1.165, 1.54) is 45.3 Å². The van der Waals surface area contributed by atoms with Gasteiger partial charge in [-0.3, -0.25) is 9.59 Å². The highest BCUT2D eigenvalue weighted by Gasteiger charge is 2.40. The van der Waals surface area contributed by atoms with E-state index in [2.05, 4.69) is 5.32 Å². The number of carbonyl (C=O) groups excluding carboxylic acids is 4. The number of amides is 1. The monoisotopic (exact) mass is 682 g/mol. The van der Waals surface area contributed by atoms with Crippen molar-refractivity contribution in [1.29, 1.82) is 0 Å². The van der Waals surface area contributed by atoms with E-state index >= 15 is 0 Å². The predicted octanol–water partition coefficient (Wildman–Crippen LogP) is 5.06. The van der Waals surface area contributed by atoms with E-state index in [4.69, 9.17) is 18.9 Å². The Kier molecular flexibility index (Phi) is 13.7. The van der Waals surface area contributed by atoms with Crippen LogP contribution >= 0.6 is 0 Å². The van der Waals surface area contributed by atoms with Crippen molar-refractivity contribution < 1.29 is 42.5 Å². The van der Waals surface area contributed by atoms with Gasteiger partial charge >= 0.3 is 17.9 Å². The zero-order valence-electron chi connectivity index (χ0n) is 29.3. The number of hydrogen-bond acceptors (Lipinski definition) is 9. The van der Waals surface area contributed by atoms with Gasteiger partial charge in [-0.2, -0.15) is 0 Å². The highest BCUT2D eigenvalue weighted by molar-refractivity contribution is 5.90. The third-order valence-corrected chi connectivity index (χ3v) is 9.14. The van der Waals surface area contributed by atoms with Crippen molar-refractivity contribution >= 4 is 23.8 Å². The summed E-state index contributed by atoms with van der Waals surface area (Å²) in [6.45, 7) is 5.63. The maximum Gasteiger partial charge on any atom is 0.347 e. The summed E-state index contributed by atoms with van der Waals surface area (Å²) in [7, 11) is 3.01. The van der Waals surface area contributed by atoms with Gasteiger partial charge in [0.15, 0.2) is 12.2 Å². The van der Waals surface area contributed by atoms with Crippen molar-refractivity contribution in [1.82, 2.24) is 10.2 Å². The first-order chi connectivity index (χ1) is 23.3. The van der Waals surface area contributed by atoms with Crippen LogP contribution < -0.4 is 5.32 Å². The van der Waals surface area contributed by atoms with Crippen LogP contribution in [0.1, 0.15) is 81.9 Å². The summed E-state index contributed by atoms with van der Waals surface area (Å²) in [5.74, 6) is -2.22. The van der Waals surface area contributed by atoms with E-state index in [0.717, 1.165) is 36.8 Å². The average molecular weight is 683 g/mol. The van der Waals surface area contributed by atoms with Crippen molar-refractivity contribution in [2.24, 2.45) is 5.92 Å². The van der Waals surface area contributed by atoms with Crippen LogP contribution in [0.3, 0.4) is 0 Å². The Bertz CT molecular complexity index is 1390. The van der Waals surface area contributed by atoms with Gasteiger partial charge in [0.2, 0.25) is 0 Å². The first-order valence-electron chi connectivity index (χ1n) is 17.3. The number of halogens is 1. The Hall–Kier alpha value is -3.83. The second kappa shape index (κ2) is 17.7. The van der Waals surface area contributed by atoms with Gasteiger partial charge in [-0.25, -0.2) is 14.0 Å². The second-order valence-corrected chi connectivity index (χ2v) is 13.8. The number of esters is 3. The smallest absolute Gasteiger partial charge is 0.347 e. The van der Waals surface area contributed by atoms with Gasteiger partial charge in [-0.15, -0.1) is 0 Å². The maximum absolute atomic E-state index is 14.6. The van der Waals surface area contributed by atoms with Crippen molar-refractivity contribution in [2.75, 3.05) is 27.3 Å². The molecule has 0 bridgehead atoms. The van der Waals surface area contributed by atoms with Crippen LogP contribution in [-0.2, 0) is 51.2 Å². The van der Waals surface area contributed by atoms with Gasteiger partial charge < -0.3 is 29.2 Å². The van der Waals surface area contributed by atoms with Gasteiger partial charge in [0.25, 0.3) is 5.91 Å². The Morgan fingerprint density at radius 3 is 2.16 bits per heavy atom. The molecular formula is C38H51FN2O8. The SMILES string of the molecule is CN[C@@H](CC(C)(C)F)C(=O)O[C@H](Cc1ccc(C2CCOCC2)cc1)C(=O)N(C)[C@@H](CC1CC1)C(=O)O[C@H](C)C(=O)OCc1ccccc1. The van der Waals surface area contributed by atoms with Crippen molar-refractivity contribution in [2.45, 2.75) is 108 Å². The lowest BCUT2D eigenvalue weighted by Gasteiger charge is -2.31. The Balaban J connectivity index is 1.49. The van der Waals surface area contributed by atoms with Crippen LogP contribution in [-0.4, -0.2) is 86.0 Å². The molecule has 0 unspecified atom stereocenters. The Morgan fingerprint density at radius 1 is 0.918 bits per heavy atom. The fourth-order valence-corrected chi connectivity index (χ4v) is 5.97. The first-order valence-corrected chi connectivity index (χ1v) is 17.3. The molecule has 4 rings (SSSR count).